The van der Waals surface area contributed by atoms with Crippen molar-refractivity contribution in [1.82, 2.24) is 9.80 Å². The zero-order valence-electron chi connectivity index (χ0n) is 21.2. The minimum atomic E-state index is -0.674. The molecule has 1 aliphatic rings. The Kier molecular flexibility index (Phi) is 8.37. The van der Waals surface area contributed by atoms with E-state index in [9.17, 15) is 9.59 Å². The average molecular weight is 467 g/mol. The van der Waals surface area contributed by atoms with E-state index in [1.807, 2.05) is 32.9 Å². The summed E-state index contributed by atoms with van der Waals surface area (Å²) in [7, 11) is 1.37. The van der Waals surface area contributed by atoms with Crippen LogP contribution in [-0.2, 0) is 14.3 Å². The summed E-state index contributed by atoms with van der Waals surface area (Å²) in [6.07, 6.45) is 0.0142. The number of carbonyl (C=O) groups is 2. The summed E-state index contributed by atoms with van der Waals surface area (Å²) < 4.78 is 10.7. The molecule has 3 rings (SSSR count). The molecule has 6 nitrogen and oxygen atoms in total. The maximum absolute atomic E-state index is 13.1. The average Bonchev–Trinajstić information content (AvgIpc) is 3.24. The van der Waals surface area contributed by atoms with E-state index >= 15 is 0 Å². The molecular weight excluding hydrogens is 428 g/mol. The van der Waals surface area contributed by atoms with Crippen LogP contribution < -0.4 is 0 Å². The van der Waals surface area contributed by atoms with Gasteiger partial charge in [0.05, 0.1) is 13.2 Å². The third kappa shape index (κ3) is 6.38. The highest BCUT2D eigenvalue weighted by Gasteiger charge is 2.45. The normalized spacial score (nSPS) is 18.6. The SMILES string of the molecule is COC(=O)[C@@H]1C[C@@H](N(CC(C)C)C(c2ccccc2)c2ccccc2)CN1C(=O)OC(C)(C)C. The van der Waals surface area contributed by atoms with Gasteiger partial charge in [-0.15, -0.1) is 0 Å². The molecule has 2 aromatic rings. The summed E-state index contributed by atoms with van der Waals surface area (Å²) >= 11 is 0. The van der Waals surface area contributed by atoms with Crippen LogP contribution in [0.4, 0.5) is 4.79 Å². The van der Waals surface area contributed by atoms with Gasteiger partial charge >= 0.3 is 12.1 Å². The summed E-state index contributed by atoms with van der Waals surface area (Å²) in [6.45, 7) is 11.1. The van der Waals surface area contributed by atoms with E-state index in [-0.39, 0.29) is 12.1 Å². The molecule has 1 fully saturated rings. The minimum absolute atomic E-state index is 0.00770. The molecule has 0 saturated carbocycles. The van der Waals surface area contributed by atoms with E-state index in [0.717, 1.165) is 6.54 Å². The number of amides is 1. The van der Waals surface area contributed by atoms with Gasteiger partial charge in [0, 0.05) is 19.1 Å². The molecule has 1 heterocycles. The summed E-state index contributed by atoms with van der Waals surface area (Å²) in [5.41, 5.74) is 1.71. The van der Waals surface area contributed by atoms with Crippen LogP contribution >= 0.6 is 0 Å². The molecule has 0 N–H and O–H groups in total. The summed E-state index contributed by atoms with van der Waals surface area (Å²) in [5.74, 6) is -0.0177. The molecule has 0 radical (unpaired) electrons. The van der Waals surface area contributed by atoms with E-state index < -0.39 is 23.7 Å². The number of ether oxygens (including phenoxy) is 2. The second-order valence-corrected chi connectivity index (χ2v) is 10.4. The quantitative estimate of drug-likeness (QED) is 0.519. The highest BCUT2D eigenvalue weighted by Crippen LogP contribution is 2.36. The molecular formula is C28H38N2O4. The number of benzene rings is 2. The lowest BCUT2D eigenvalue weighted by Gasteiger charge is -2.38. The lowest BCUT2D eigenvalue weighted by Crippen LogP contribution is -2.45. The van der Waals surface area contributed by atoms with Crippen LogP contribution in [0, 0.1) is 5.92 Å². The first-order valence-corrected chi connectivity index (χ1v) is 12.0. The van der Waals surface area contributed by atoms with Crippen LogP contribution in [0.15, 0.2) is 60.7 Å². The largest absolute Gasteiger partial charge is 0.467 e. The number of esters is 1. The first-order valence-electron chi connectivity index (χ1n) is 12.0. The van der Waals surface area contributed by atoms with Crippen molar-refractivity contribution in [3.63, 3.8) is 0 Å². The van der Waals surface area contributed by atoms with E-state index in [1.54, 1.807) is 4.90 Å². The van der Waals surface area contributed by atoms with Crippen molar-refractivity contribution < 1.29 is 19.1 Å². The van der Waals surface area contributed by atoms with Gasteiger partial charge in [0.25, 0.3) is 0 Å². The van der Waals surface area contributed by atoms with Crippen LogP contribution in [0.3, 0.4) is 0 Å². The van der Waals surface area contributed by atoms with Crippen molar-refractivity contribution in [2.75, 3.05) is 20.2 Å². The van der Waals surface area contributed by atoms with E-state index in [2.05, 4.69) is 67.3 Å². The molecule has 34 heavy (non-hydrogen) atoms. The zero-order chi connectivity index (χ0) is 24.9. The van der Waals surface area contributed by atoms with Crippen LogP contribution in [0.1, 0.15) is 58.2 Å². The van der Waals surface area contributed by atoms with Crippen molar-refractivity contribution in [3.05, 3.63) is 71.8 Å². The first-order chi connectivity index (χ1) is 16.1. The Labute approximate surface area is 203 Å². The molecule has 1 amide bonds. The summed E-state index contributed by atoms with van der Waals surface area (Å²) in [4.78, 5) is 29.8. The van der Waals surface area contributed by atoms with Gasteiger partial charge in [0.2, 0.25) is 0 Å². The van der Waals surface area contributed by atoms with Gasteiger partial charge in [-0.1, -0.05) is 74.5 Å². The van der Waals surface area contributed by atoms with Gasteiger partial charge in [-0.25, -0.2) is 9.59 Å². The third-order valence-electron chi connectivity index (χ3n) is 5.99. The Morgan fingerprint density at radius 1 is 1.00 bits per heavy atom. The zero-order valence-corrected chi connectivity index (χ0v) is 21.2. The van der Waals surface area contributed by atoms with Crippen LogP contribution in [0.2, 0.25) is 0 Å². The molecule has 1 aliphatic heterocycles. The van der Waals surface area contributed by atoms with E-state index in [0.29, 0.717) is 18.9 Å². The molecule has 0 aliphatic carbocycles. The molecule has 6 heteroatoms. The van der Waals surface area contributed by atoms with Gasteiger partial charge in [-0.3, -0.25) is 9.80 Å². The minimum Gasteiger partial charge on any atom is -0.467 e. The number of hydrogen-bond acceptors (Lipinski definition) is 5. The number of rotatable bonds is 7. The molecule has 0 aromatic heterocycles. The fraction of sp³-hybridized carbons (Fsp3) is 0.500. The Bertz CT molecular complexity index is 900. The number of nitrogens with zero attached hydrogens (tertiary/aromatic N) is 2. The lowest BCUT2D eigenvalue weighted by molar-refractivity contribution is -0.145. The molecule has 0 spiro atoms. The highest BCUT2D eigenvalue weighted by atomic mass is 16.6. The smallest absolute Gasteiger partial charge is 0.411 e. The van der Waals surface area contributed by atoms with Crippen LogP contribution in [0.25, 0.3) is 0 Å². The Hall–Kier alpha value is -2.86. The van der Waals surface area contributed by atoms with Crippen molar-refractivity contribution >= 4 is 12.1 Å². The van der Waals surface area contributed by atoms with Crippen LogP contribution in [0.5, 0.6) is 0 Å². The van der Waals surface area contributed by atoms with Gasteiger partial charge < -0.3 is 9.47 Å². The summed E-state index contributed by atoms with van der Waals surface area (Å²) in [5, 5.41) is 0. The first kappa shape index (κ1) is 25.8. The van der Waals surface area contributed by atoms with Gasteiger partial charge in [-0.05, 0) is 44.2 Å². The maximum atomic E-state index is 13.1. The van der Waals surface area contributed by atoms with Crippen molar-refractivity contribution in [1.29, 1.82) is 0 Å². The third-order valence-corrected chi connectivity index (χ3v) is 5.99. The molecule has 0 bridgehead atoms. The van der Waals surface area contributed by atoms with Crippen LogP contribution in [-0.4, -0.2) is 59.7 Å². The monoisotopic (exact) mass is 466 g/mol. The van der Waals surface area contributed by atoms with E-state index in [1.165, 1.54) is 18.2 Å². The fourth-order valence-electron chi connectivity index (χ4n) is 4.67. The number of likely N-dealkylation sites (tertiary alicyclic amines) is 1. The van der Waals surface area contributed by atoms with Crippen molar-refractivity contribution in [2.24, 2.45) is 5.92 Å². The van der Waals surface area contributed by atoms with E-state index in [4.69, 9.17) is 9.47 Å². The number of carbonyl (C=O) groups excluding carboxylic acids is 2. The highest BCUT2D eigenvalue weighted by molar-refractivity contribution is 5.82. The molecule has 1 saturated heterocycles. The lowest BCUT2D eigenvalue weighted by atomic mass is 9.94. The topological polar surface area (TPSA) is 59.1 Å². The Morgan fingerprint density at radius 3 is 1.97 bits per heavy atom. The Morgan fingerprint density at radius 2 is 1.53 bits per heavy atom. The predicted molar refractivity (Wildman–Crippen MR) is 133 cm³/mol. The molecule has 2 aromatic carbocycles. The van der Waals surface area contributed by atoms with Gasteiger partial charge in [0.1, 0.15) is 11.6 Å². The molecule has 0 unspecified atom stereocenters. The molecule has 184 valence electrons. The second-order valence-electron chi connectivity index (χ2n) is 10.4. The van der Waals surface area contributed by atoms with Gasteiger partial charge in [-0.2, -0.15) is 0 Å². The van der Waals surface area contributed by atoms with Crippen molar-refractivity contribution in [2.45, 2.75) is 64.8 Å². The summed E-state index contributed by atoms with van der Waals surface area (Å²) in [6, 6.07) is 20.1. The van der Waals surface area contributed by atoms with Crippen molar-refractivity contribution in [3.8, 4) is 0 Å². The Balaban J connectivity index is 2.01. The second kappa shape index (κ2) is 11.0. The standard InChI is InChI=1S/C28H38N2O4/c1-20(2)18-29(25(21-13-9-7-10-14-21)22-15-11-8-12-16-22)23-17-24(26(31)33-6)30(19-23)27(32)34-28(3,4)5/h7-16,20,23-25H,17-19H2,1-6H3/t23-,24+/m1/s1. The fourth-order valence-corrected chi connectivity index (χ4v) is 4.67. The van der Waals surface area contributed by atoms with Gasteiger partial charge in [0.15, 0.2) is 0 Å². The predicted octanol–water partition coefficient (Wildman–Crippen LogP) is 5.29. The maximum Gasteiger partial charge on any atom is 0.411 e. The number of hydrogen-bond donors (Lipinski definition) is 0. The molecule has 2 atom stereocenters. The number of methoxy groups -OCH3 is 1.